The van der Waals surface area contributed by atoms with Crippen LogP contribution in [0, 0.1) is 5.82 Å². The number of hydrogen-bond donors (Lipinski definition) is 2. The summed E-state index contributed by atoms with van der Waals surface area (Å²) in [6.45, 7) is 1.13. The average molecular weight is 386 g/mol. The van der Waals surface area contributed by atoms with Gasteiger partial charge < -0.3 is 14.9 Å². The van der Waals surface area contributed by atoms with E-state index >= 15 is 0 Å². The SMILES string of the molecule is O=C(c1c[nH]cc1-c1ccccc1F)N1CC=C(c2c[nH]c3ncccc23)CC1. The molecule has 0 unspecified atom stereocenters. The Balaban J connectivity index is 1.40. The molecule has 0 spiro atoms. The highest BCUT2D eigenvalue weighted by Gasteiger charge is 2.24. The van der Waals surface area contributed by atoms with Crippen LogP contribution < -0.4 is 0 Å². The Morgan fingerprint density at radius 3 is 2.76 bits per heavy atom. The van der Waals surface area contributed by atoms with E-state index in [0.29, 0.717) is 29.8 Å². The Bertz CT molecular complexity index is 1240. The predicted octanol–water partition coefficient (Wildman–Crippen LogP) is 4.63. The second-order valence-electron chi connectivity index (χ2n) is 7.09. The van der Waals surface area contributed by atoms with E-state index in [1.165, 1.54) is 11.6 Å². The van der Waals surface area contributed by atoms with Crippen LogP contribution in [0.2, 0.25) is 0 Å². The lowest BCUT2D eigenvalue weighted by Gasteiger charge is -2.26. The van der Waals surface area contributed by atoms with Gasteiger partial charge in [-0.3, -0.25) is 4.79 Å². The molecule has 5 rings (SSSR count). The quantitative estimate of drug-likeness (QED) is 0.539. The van der Waals surface area contributed by atoms with E-state index in [9.17, 15) is 9.18 Å². The third kappa shape index (κ3) is 3.02. The van der Waals surface area contributed by atoms with Gasteiger partial charge >= 0.3 is 0 Å². The van der Waals surface area contributed by atoms with E-state index < -0.39 is 0 Å². The summed E-state index contributed by atoms with van der Waals surface area (Å²) >= 11 is 0. The first-order chi connectivity index (χ1) is 14.2. The third-order valence-corrected chi connectivity index (χ3v) is 5.43. The van der Waals surface area contributed by atoms with E-state index in [2.05, 4.69) is 21.0 Å². The molecule has 1 aliphatic rings. The van der Waals surface area contributed by atoms with E-state index in [4.69, 9.17) is 0 Å². The van der Waals surface area contributed by atoms with Crippen LogP contribution in [-0.4, -0.2) is 38.8 Å². The van der Waals surface area contributed by atoms with Gasteiger partial charge in [-0.2, -0.15) is 0 Å². The van der Waals surface area contributed by atoms with Gasteiger partial charge in [-0.05, 0) is 30.2 Å². The van der Waals surface area contributed by atoms with Gasteiger partial charge in [-0.15, -0.1) is 0 Å². The molecule has 0 bridgehead atoms. The maximum atomic E-state index is 14.2. The van der Waals surface area contributed by atoms with Crippen molar-refractivity contribution in [1.82, 2.24) is 19.9 Å². The van der Waals surface area contributed by atoms with Crippen molar-refractivity contribution in [2.75, 3.05) is 13.1 Å². The number of carbonyl (C=O) groups excluding carboxylic acids is 1. The van der Waals surface area contributed by atoms with Crippen LogP contribution in [0.15, 0.2) is 67.3 Å². The monoisotopic (exact) mass is 386 g/mol. The van der Waals surface area contributed by atoms with E-state index in [1.54, 1.807) is 41.7 Å². The standard InChI is InChI=1S/C23H19FN4O/c24-21-6-2-1-4-16(21)19-12-25-13-20(19)23(29)28-10-7-15(8-11-28)18-14-27-22-17(18)5-3-9-26-22/h1-7,9,12-14,25H,8,10-11H2,(H,26,27). The van der Waals surface area contributed by atoms with Crippen LogP contribution in [0.3, 0.4) is 0 Å². The number of nitrogens with zero attached hydrogens (tertiary/aromatic N) is 2. The van der Waals surface area contributed by atoms with E-state index in [1.807, 2.05) is 18.3 Å². The molecule has 6 heteroatoms. The van der Waals surface area contributed by atoms with Gasteiger partial charge in [0, 0.05) is 60.0 Å². The molecule has 144 valence electrons. The van der Waals surface area contributed by atoms with Crippen LogP contribution in [0.5, 0.6) is 0 Å². The van der Waals surface area contributed by atoms with Gasteiger partial charge in [-0.25, -0.2) is 9.37 Å². The number of halogens is 1. The number of aromatic amines is 2. The minimum atomic E-state index is -0.338. The minimum absolute atomic E-state index is 0.0969. The first-order valence-electron chi connectivity index (χ1n) is 9.55. The van der Waals surface area contributed by atoms with Gasteiger partial charge in [-0.1, -0.05) is 24.3 Å². The second kappa shape index (κ2) is 7.05. The Kier molecular flexibility index (Phi) is 4.24. The maximum Gasteiger partial charge on any atom is 0.256 e. The minimum Gasteiger partial charge on any atom is -0.366 e. The summed E-state index contributed by atoms with van der Waals surface area (Å²) in [4.78, 5) is 25.4. The van der Waals surface area contributed by atoms with Crippen molar-refractivity contribution in [1.29, 1.82) is 0 Å². The van der Waals surface area contributed by atoms with Crippen molar-refractivity contribution < 1.29 is 9.18 Å². The normalized spacial score (nSPS) is 14.2. The first-order valence-corrected chi connectivity index (χ1v) is 9.55. The molecule has 0 fully saturated rings. The highest BCUT2D eigenvalue weighted by molar-refractivity contribution is 6.01. The van der Waals surface area contributed by atoms with E-state index in [0.717, 1.165) is 23.0 Å². The molecule has 0 saturated heterocycles. The fourth-order valence-electron chi connectivity index (χ4n) is 3.93. The van der Waals surface area contributed by atoms with Crippen LogP contribution in [0.25, 0.3) is 27.7 Å². The summed E-state index contributed by atoms with van der Waals surface area (Å²) < 4.78 is 14.2. The van der Waals surface area contributed by atoms with Gasteiger partial charge in [0.05, 0.1) is 5.56 Å². The molecule has 29 heavy (non-hydrogen) atoms. The Morgan fingerprint density at radius 2 is 1.93 bits per heavy atom. The zero-order chi connectivity index (χ0) is 19.8. The molecule has 0 saturated carbocycles. The number of amides is 1. The van der Waals surface area contributed by atoms with Crippen molar-refractivity contribution in [3.05, 3.63) is 84.2 Å². The highest BCUT2D eigenvalue weighted by atomic mass is 19.1. The molecule has 4 aromatic rings. The molecule has 1 amide bonds. The smallest absolute Gasteiger partial charge is 0.256 e. The Labute approximate surface area is 166 Å². The molecule has 2 N–H and O–H groups in total. The maximum absolute atomic E-state index is 14.2. The molecule has 4 heterocycles. The fourth-order valence-corrected chi connectivity index (χ4v) is 3.93. The van der Waals surface area contributed by atoms with Crippen molar-refractivity contribution in [3.8, 4) is 11.1 Å². The topological polar surface area (TPSA) is 64.8 Å². The van der Waals surface area contributed by atoms with Crippen molar-refractivity contribution in [2.24, 2.45) is 0 Å². The number of rotatable bonds is 3. The van der Waals surface area contributed by atoms with Gasteiger partial charge in [0.15, 0.2) is 0 Å². The molecular formula is C23H19FN4O. The van der Waals surface area contributed by atoms with Crippen molar-refractivity contribution in [2.45, 2.75) is 6.42 Å². The summed E-state index contributed by atoms with van der Waals surface area (Å²) in [7, 11) is 0. The number of pyridine rings is 1. The molecule has 3 aromatic heterocycles. The predicted molar refractivity (Wildman–Crippen MR) is 111 cm³/mol. The van der Waals surface area contributed by atoms with Crippen LogP contribution >= 0.6 is 0 Å². The molecule has 0 radical (unpaired) electrons. The summed E-state index contributed by atoms with van der Waals surface area (Å²) in [5.74, 6) is -0.435. The number of H-pyrrole nitrogens is 2. The van der Waals surface area contributed by atoms with Crippen molar-refractivity contribution >= 4 is 22.5 Å². The summed E-state index contributed by atoms with van der Waals surface area (Å²) in [5.41, 5.74) is 4.71. The fraction of sp³-hybridized carbons (Fsp3) is 0.130. The Hall–Kier alpha value is -3.67. The summed E-state index contributed by atoms with van der Waals surface area (Å²) in [6.07, 6.45) is 9.91. The van der Waals surface area contributed by atoms with Gasteiger partial charge in [0.2, 0.25) is 0 Å². The molecule has 1 aromatic carbocycles. The first kappa shape index (κ1) is 17.4. The summed E-state index contributed by atoms with van der Waals surface area (Å²) in [6, 6.07) is 10.5. The summed E-state index contributed by atoms with van der Waals surface area (Å²) in [5, 5.41) is 1.09. The zero-order valence-corrected chi connectivity index (χ0v) is 15.7. The lowest BCUT2D eigenvalue weighted by Crippen LogP contribution is -2.34. The van der Waals surface area contributed by atoms with Crippen LogP contribution in [-0.2, 0) is 0 Å². The van der Waals surface area contributed by atoms with Crippen molar-refractivity contribution in [3.63, 3.8) is 0 Å². The average Bonchev–Trinajstić information content (AvgIpc) is 3.41. The van der Waals surface area contributed by atoms with Crippen LogP contribution in [0.4, 0.5) is 4.39 Å². The molecule has 0 atom stereocenters. The highest BCUT2D eigenvalue weighted by Crippen LogP contribution is 2.31. The molecule has 0 aliphatic carbocycles. The van der Waals surface area contributed by atoms with E-state index in [-0.39, 0.29) is 11.7 Å². The molecule has 5 nitrogen and oxygen atoms in total. The largest absolute Gasteiger partial charge is 0.366 e. The van der Waals surface area contributed by atoms with Gasteiger partial charge in [0.1, 0.15) is 11.5 Å². The Morgan fingerprint density at radius 1 is 1.03 bits per heavy atom. The number of nitrogens with one attached hydrogen (secondary N) is 2. The molecule has 1 aliphatic heterocycles. The second-order valence-corrected chi connectivity index (χ2v) is 7.09. The molecular weight excluding hydrogens is 367 g/mol. The number of hydrogen-bond acceptors (Lipinski definition) is 2. The number of benzene rings is 1. The number of fused-ring (bicyclic) bond motifs is 1. The lowest BCUT2D eigenvalue weighted by atomic mass is 9.98. The number of aromatic nitrogens is 3. The van der Waals surface area contributed by atoms with Gasteiger partial charge in [0.25, 0.3) is 5.91 Å². The third-order valence-electron chi connectivity index (χ3n) is 5.43. The zero-order valence-electron chi connectivity index (χ0n) is 15.7. The number of carbonyl (C=O) groups is 1. The van der Waals surface area contributed by atoms with Crippen LogP contribution in [0.1, 0.15) is 22.3 Å². The lowest BCUT2D eigenvalue weighted by molar-refractivity contribution is 0.0774.